The molecule has 1 saturated heterocycles. The smallest absolute Gasteiger partial charge is 0.339 e. The topological polar surface area (TPSA) is 55.8 Å². The Morgan fingerprint density at radius 3 is 2.55 bits per heavy atom. The quantitative estimate of drug-likeness (QED) is 0.422. The summed E-state index contributed by atoms with van der Waals surface area (Å²) in [6.07, 6.45) is 3.86. The zero-order valence-electron chi connectivity index (χ0n) is 17.0. The number of methoxy groups -OCH3 is 1. The number of carbonyl (C=O) groups is 2. The van der Waals surface area contributed by atoms with Crippen molar-refractivity contribution in [1.29, 1.82) is 0 Å². The summed E-state index contributed by atoms with van der Waals surface area (Å²) in [6, 6.07) is 16.7. The Balaban J connectivity index is 1.78. The summed E-state index contributed by atoms with van der Waals surface area (Å²) >= 11 is 0. The normalized spacial score (nSPS) is 17.0. The molecule has 0 N–H and O–H groups in total. The maximum absolute atomic E-state index is 12.9. The van der Waals surface area contributed by atoms with Crippen molar-refractivity contribution in [3.8, 4) is 5.75 Å². The molecule has 0 saturated carbocycles. The second-order valence-corrected chi connectivity index (χ2v) is 7.33. The number of rotatable bonds is 6. The number of benzene rings is 2. The molecule has 1 unspecified atom stereocenters. The van der Waals surface area contributed by atoms with Crippen molar-refractivity contribution in [3.63, 3.8) is 0 Å². The fraction of sp³-hybridized carbons (Fsp3) is 0.333. The molecule has 0 aliphatic carbocycles. The highest BCUT2D eigenvalue weighted by Crippen LogP contribution is 2.25. The van der Waals surface area contributed by atoms with Crippen molar-refractivity contribution in [2.45, 2.75) is 19.8 Å². The van der Waals surface area contributed by atoms with Crippen LogP contribution in [0.25, 0.3) is 11.6 Å². The van der Waals surface area contributed by atoms with Crippen molar-refractivity contribution in [2.75, 3.05) is 26.8 Å². The highest BCUT2D eigenvalue weighted by atomic mass is 16.5. The molecule has 1 aliphatic heterocycles. The first-order chi connectivity index (χ1) is 14.1. The number of likely N-dealkylation sites (tertiary alicyclic amines) is 1. The maximum atomic E-state index is 12.9. The molecule has 2 aromatic rings. The Hall–Kier alpha value is -3.08. The van der Waals surface area contributed by atoms with E-state index in [-0.39, 0.29) is 12.5 Å². The van der Waals surface area contributed by atoms with Gasteiger partial charge in [0.15, 0.2) is 6.61 Å². The number of esters is 1. The molecular formula is C24H27NO4. The van der Waals surface area contributed by atoms with Crippen LogP contribution in [0.15, 0.2) is 54.6 Å². The zero-order valence-corrected chi connectivity index (χ0v) is 17.0. The van der Waals surface area contributed by atoms with E-state index in [0.717, 1.165) is 37.1 Å². The molecule has 3 rings (SSSR count). The number of nitrogens with zero attached hydrogens (tertiary/aromatic N) is 1. The van der Waals surface area contributed by atoms with Gasteiger partial charge in [0.25, 0.3) is 5.91 Å². The molecule has 152 valence electrons. The van der Waals surface area contributed by atoms with Crippen LogP contribution in [-0.2, 0) is 14.3 Å². The van der Waals surface area contributed by atoms with Gasteiger partial charge in [-0.3, -0.25) is 4.79 Å². The molecule has 1 aliphatic rings. The van der Waals surface area contributed by atoms with Gasteiger partial charge in [-0.1, -0.05) is 55.5 Å². The Labute approximate surface area is 171 Å². The van der Waals surface area contributed by atoms with Gasteiger partial charge in [0, 0.05) is 18.7 Å². The highest BCUT2D eigenvalue weighted by Gasteiger charge is 2.23. The Bertz CT molecular complexity index is 875. The lowest BCUT2D eigenvalue weighted by molar-refractivity contribution is -0.148. The second kappa shape index (κ2) is 9.92. The van der Waals surface area contributed by atoms with E-state index in [1.807, 2.05) is 54.6 Å². The number of hydrogen-bond donors (Lipinski definition) is 0. The average Bonchev–Trinajstić information content (AvgIpc) is 2.76. The molecule has 1 atom stereocenters. The van der Waals surface area contributed by atoms with E-state index in [1.54, 1.807) is 18.1 Å². The summed E-state index contributed by atoms with van der Waals surface area (Å²) < 4.78 is 10.8. The van der Waals surface area contributed by atoms with E-state index >= 15 is 0 Å². The third-order valence-corrected chi connectivity index (χ3v) is 5.08. The number of ether oxygens (including phenoxy) is 2. The lowest BCUT2D eigenvalue weighted by Gasteiger charge is -2.30. The first kappa shape index (κ1) is 20.6. The molecule has 1 heterocycles. The number of piperidine rings is 1. The minimum atomic E-state index is -0.527. The lowest BCUT2D eigenvalue weighted by atomic mass is 10.0. The molecule has 0 aromatic heterocycles. The predicted molar refractivity (Wildman–Crippen MR) is 113 cm³/mol. The van der Waals surface area contributed by atoms with Crippen molar-refractivity contribution >= 4 is 23.5 Å². The molecule has 29 heavy (non-hydrogen) atoms. The number of para-hydroxylation sites is 1. The summed E-state index contributed by atoms with van der Waals surface area (Å²) in [5.74, 6) is 0.468. The largest absolute Gasteiger partial charge is 0.496 e. The minimum absolute atomic E-state index is 0.144. The molecule has 1 fully saturated rings. The molecule has 2 aromatic carbocycles. The van der Waals surface area contributed by atoms with E-state index in [0.29, 0.717) is 17.2 Å². The molecule has 0 spiro atoms. The van der Waals surface area contributed by atoms with Crippen LogP contribution in [0.3, 0.4) is 0 Å². The average molecular weight is 393 g/mol. The Kier molecular flexibility index (Phi) is 7.06. The molecule has 0 radical (unpaired) electrons. The highest BCUT2D eigenvalue weighted by molar-refractivity contribution is 6.22. The minimum Gasteiger partial charge on any atom is -0.496 e. The fourth-order valence-electron chi connectivity index (χ4n) is 3.53. The third-order valence-electron chi connectivity index (χ3n) is 5.08. The molecule has 0 bridgehead atoms. The lowest BCUT2D eigenvalue weighted by Crippen LogP contribution is -2.41. The van der Waals surface area contributed by atoms with Crippen molar-refractivity contribution in [3.05, 3.63) is 65.7 Å². The van der Waals surface area contributed by atoms with Crippen LogP contribution in [0.4, 0.5) is 0 Å². The summed E-state index contributed by atoms with van der Waals surface area (Å²) in [6.45, 7) is 3.33. The third kappa shape index (κ3) is 5.47. The van der Waals surface area contributed by atoms with Gasteiger partial charge in [0.05, 0.1) is 12.7 Å². The maximum Gasteiger partial charge on any atom is 0.339 e. The number of amides is 1. The van der Waals surface area contributed by atoms with E-state index in [2.05, 4.69) is 6.92 Å². The van der Waals surface area contributed by atoms with Gasteiger partial charge >= 0.3 is 5.97 Å². The Morgan fingerprint density at radius 1 is 1.10 bits per heavy atom. The SMILES string of the molecule is COc1ccccc1/C=C(/C(=O)OCC(=O)N1CCCC(C)C1)c1ccccc1. The van der Waals surface area contributed by atoms with Crippen molar-refractivity contribution in [2.24, 2.45) is 5.92 Å². The second-order valence-electron chi connectivity index (χ2n) is 7.33. The molecule has 5 heteroatoms. The van der Waals surface area contributed by atoms with Crippen LogP contribution in [0.1, 0.15) is 30.9 Å². The van der Waals surface area contributed by atoms with Gasteiger partial charge < -0.3 is 14.4 Å². The van der Waals surface area contributed by atoms with E-state index in [4.69, 9.17) is 9.47 Å². The van der Waals surface area contributed by atoms with Gasteiger partial charge in [-0.2, -0.15) is 0 Å². The predicted octanol–water partition coefficient (Wildman–Crippen LogP) is 4.04. The Morgan fingerprint density at radius 2 is 1.83 bits per heavy atom. The van der Waals surface area contributed by atoms with Gasteiger partial charge in [0.1, 0.15) is 5.75 Å². The summed E-state index contributed by atoms with van der Waals surface area (Å²) in [7, 11) is 1.59. The summed E-state index contributed by atoms with van der Waals surface area (Å²) in [5.41, 5.74) is 1.87. The monoisotopic (exact) mass is 393 g/mol. The van der Waals surface area contributed by atoms with Crippen molar-refractivity contribution in [1.82, 2.24) is 4.90 Å². The van der Waals surface area contributed by atoms with Crippen LogP contribution in [0.5, 0.6) is 5.75 Å². The standard InChI is InChI=1S/C24H27NO4/c1-18-9-8-14-25(16-18)23(26)17-29-24(27)21(19-10-4-3-5-11-19)15-20-12-6-7-13-22(20)28-2/h3-7,10-13,15,18H,8-9,14,16-17H2,1-2H3/b21-15+. The summed E-state index contributed by atoms with van der Waals surface area (Å²) in [5, 5.41) is 0. The fourth-order valence-corrected chi connectivity index (χ4v) is 3.53. The van der Waals surface area contributed by atoms with Crippen LogP contribution < -0.4 is 4.74 Å². The van der Waals surface area contributed by atoms with E-state index in [1.165, 1.54) is 0 Å². The number of hydrogen-bond acceptors (Lipinski definition) is 4. The first-order valence-electron chi connectivity index (χ1n) is 9.93. The van der Waals surface area contributed by atoms with Crippen LogP contribution in [0, 0.1) is 5.92 Å². The van der Waals surface area contributed by atoms with Gasteiger partial charge in [-0.05, 0) is 36.5 Å². The van der Waals surface area contributed by atoms with Gasteiger partial charge in [-0.15, -0.1) is 0 Å². The van der Waals surface area contributed by atoms with E-state index < -0.39 is 5.97 Å². The van der Waals surface area contributed by atoms with Crippen LogP contribution in [0.2, 0.25) is 0 Å². The molecule has 5 nitrogen and oxygen atoms in total. The first-order valence-corrected chi connectivity index (χ1v) is 9.93. The zero-order chi connectivity index (χ0) is 20.6. The molecule has 1 amide bonds. The van der Waals surface area contributed by atoms with Crippen molar-refractivity contribution < 1.29 is 19.1 Å². The molecular weight excluding hydrogens is 366 g/mol. The van der Waals surface area contributed by atoms with Crippen LogP contribution >= 0.6 is 0 Å². The summed E-state index contributed by atoms with van der Waals surface area (Å²) in [4.78, 5) is 27.2. The van der Waals surface area contributed by atoms with Gasteiger partial charge in [-0.25, -0.2) is 4.79 Å². The van der Waals surface area contributed by atoms with E-state index in [9.17, 15) is 9.59 Å². The van der Waals surface area contributed by atoms with Crippen LogP contribution in [-0.4, -0.2) is 43.6 Å². The van der Waals surface area contributed by atoms with Gasteiger partial charge in [0.2, 0.25) is 0 Å². The number of carbonyl (C=O) groups excluding carboxylic acids is 2.